The average molecular weight is 429 g/mol. The largest absolute Gasteiger partial charge is 0.494 e. The lowest BCUT2D eigenvalue weighted by Gasteiger charge is -2.51. The lowest BCUT2D eigenvalue weighted by Crippen LogP contribution is -2.56. The zero-order valence-corrected chi connectivity index (χ0v) is 19.1. The molecule has 2 aliphatic heterocycles. The maximum Gasteiger partial charge on any atom is 0.494 e. The van der Waals surface area contributed by atoms with Gasteiger partial charge in [0.15, 0.2) is 0 Å². The number of amides is 2. The fourth-order valence-electron chi connectivity index (χ4n) is 5.03. The molecule has 6 heteroatoms. The van der Waals surface area contributed by atoms with Crippen molar-refractivity contribution in [2.24, 2.45) is 5.92 Å². The van der Waals surface area contributed by atoms with E-state index in [2.05, 4.69) is 6.58 Å². The molecule has 0 unspecified atom stereocenters. The first-order valence-electron chi connectivity index (χ1n) is 11.2. The predicted molar refractivity (Wildman–Crippen MR) is 124 cm³/mol. The maximum atomic E-state index is 13.3. The van der Waals surface area contributed by atoms with Gasteiger partial charge in [0, 0.05) is 0 Å². The number of carbonyl (C=O) groups is 2. The van der Waals surface area contributed by atoms with E-state index in [0.717, 1.165) is 11.0 Å². The average Bonchev–Trinajstić information content (AvgIpc) is 3.11. The van der Waals surface area contributed by atoms with Gasteiger partial charge in [-0.05, 0) is 69.6 Å². The molecule has 3 aliphatic rings. The second kappa shape index (κ2) is 6.90. The standard InChI is InChI=1S/C26H28BNO4/c1-6-17-15-26(16-17,28-22(29)20-9-7-8-10-21(20)23(28)30)18-11-13-19(14-12-18)27-31-24(2,3)25(4,5)32-27/h6-14,17H,1,15-16H2,2-5H3. The van der Waals surface area contributed by atoms with Gasteiger partial charge in [-0.1, -0.05) is 42.5 Å². The van der Waals surface area contributed by atoms with Gasteiger partial charge < -0.3 is 9.31 Å². The van der Waals surface area contributed by atoms with Crippen molar-refractivity contribution >= 4 is 24.4 Å². The molecule has 1 aliphatic carbocycles. The van der Waals surface area contributed by atoms with Gasteiger partial charge in [0.2, 0.25) is 0 Å². The third-order valence-corrected chi connectivity index (χ3v) is 7.73. The molecule has 0 spiro atoms. The highest BCUT2D eigenvalue weighted by Gasteiger charge is 2.56. The summed E-state index contributed by atoms with van der Waals surface area (Å²) >= 11 is 0. The Morgan fingerprint density at radius 2 is 1.41 bits per heavy atom. The zero-order chi connectivity index (χ0) is 22.9. The Morgan fingerprint density at radius 3 is 1.88 bits per heavy atom. The summed E-state index contributed by atoms with van der Waals surface area (Å²) in [6.45, 7) is 12.0. The van der Waals surface area contributed by atoms with Gasteiger partial charge in [-0.25, -0.2) is 0 Å². The number of fused-ring (bicyclic) bond motifs is 1. The van der Waals surface area contributed by atoms with Gasteiger partial charge in [0.1, 0.15) is 0 Å². The summed E-state index contributed by atoms with van der Waals surface area (Å²) in [7, 11) is -0.452. The van der Waals surface area contributed by atoms with Crippen molar-refractivity contribution in [1.82, 2.24) is 4.90 Å². The summed E-state index contributed by atoms with van der Waals surface area (Å²) in [6.07, 6.45) is 3.27. The molecule has 1 saturated heterocycles. The fraction of sp³-hybridized carbons (Fsp3) is 0.385. The zero-order valence-electron chi connectivity index (χ0n) is 19.1. The molecule has 164 valence electrons. The molecule has 0 N–H and O–H groups in total. The Balaban J connectivity index is 1.49. The Labute approximate surface area is 189 Å². The lowest BCUT2D eigenvalue weighted by molar-refractivity contribution is 0.00397. The van der Waals surface area contributed by atoms with E-state index in [1.807, 2.05) is 58.0 Å². The summed E-state index contributed by atoms with van der Waals surface area (Å²) in [5.41, 5.74) is 1.34. The minimum Gasteiger partial charge on any atom is -0.399 e. The fourth-order valence-corrected chi connectivity index (χ4v) is 5.03. The molecule has 2 fully saturated rings. The second-order valence-corrected chi connectivity index (χ2v) is 10.1. The van der Waals surface area contributed by atoms with E-state index < -0.39 is 23.9 Å². The van der Waals surface area contributed by atoms with Crippen LogP contribution in [0.1, 0.15) is 66.8 Å². The number of hydrogen-bond acceptors (Lipinski definition) is 4. The van der Waals surface area contributed by atoms with E-state index in [1.54, 1.807) is 24.3 Å². The van der Waals surface area contributed by atoms with Crippen LogP contribution in [0.2, 0.25) is 0 Å². The number of carbonyl (C=O) groups excluding carboxylic acids is 2. The van der Waals surface area contributed by atoms with Gasteiger partial charge in [0.25, 0.3) is 11.8 Å². The highest BCUT2D eigenvalue weighted by Crippen LogP contribution is 2.53. The molecule has 0 radical (unpaired) electrons. The van der Waals surface area contributed by atoms with Crippen LogP contribution in [0.3, 0.4) is 0 Å². The maximum absolute atomic E-state index is 13.3. The number of imide groups is 1. The van der Waals surface area contributed by atoms with Crippen LogP contribution in [0, 0.1) is 5.92 Å². The van der Waals surface area contributed by atoms with Crippen LogP contribution in [0.15, 0.2) is 61.2 Å². The van der Waals surface area contributed by atoms with Crippen molar-refractivity contribution in [3.8, 4) is 0 Å². The van der Waals surface area contributed by atoms with Crippen molar-refractivity contribution in [1.29, 1.82) is 0 Å². The molecule has 2 aromatic rings. The molecule has 2 aromatic carbocycles. The normalized spacial score (nSPS) is 27.9. The molecular formula is C26H28BNO4. The summed E-state index contributed by atoms with van der Waals surface area (Å²) in [6, 6.07) is 15.0. The Morgan fingerprint density at radius 1 is 0.906 bits per heavy atom. The summed E-state index contributed by atoms with van der Waals surface area (Å²) in [5, 5.41) is 0. The summed E-state index contributed by atoms with van der Waals surface area (Å²) in [4.78, 5) is 28.0. The molecule has 5 nitrogen and oxygen atoms in total. The van der Waals surface area contributed by atoms with Gasteiger partial charge in [0.05, 0.1) is 27.9 Å². The number of nitrogens with zero attached hydrogens (tertiary/aromatic N) is 1. The quantitative estimate of drug-likeness (QED) is 0.418. The minimum absolute atomic E-state index is 0.219. The minimum atomic E-state index is -0.666. The Kier molecular flexibility index (Phi) is 4.56. The molecule has 0 aromatic heterocycles. The molecular weight excluding hydrogens is 401 g/mol. The Hall–Kier alpha value is -2.70. The van der Waals surface area contributed by atoms with Crippen LogP contribution >= 0.6 is 0 Å². The van der Waals surface area contributed by atoms with Crippen LogP contribution in [-0.4, -0.2) is 35.0 Å². The summed E-state index contributed by atoms with van der Waals surface area (Å²) in [5.74, 6) is -0.173. The van der Waals surface area contributed by atoms with Crippen molar-refractivity contribution in [3.05, 3.63) is 77.9 Å². The van der Waals surface area contributed by atoms with Crippen molar-refractivity contribution in [2.75, 3.05) is 0 Å². The molecule has 0 atom stereocenters. The van der Waals surface area contributed by atoms with Crippen molar-refractivity contribution in [3.63, 3.8) is 0 Å². The highest BCUT2D eigenvalue weighted by molar-refractivity contribution is 6.62. The van der Waals surface area contributed by atoms with Gasteiger partial charge in [-0.15, -0.1) is 6.58 Å². The number of rotatable bonds is 4. The first-order chi connectivity index (χ1) is 15.1. The third-order valence-electron chi connectivity index (χ3n) is 7.73. The predicted octanol–water partition coefficient (Wildman–Crippen LogP) is 4.07. The smallest absolute Gasteiger partial charge is 0.399 e. The number of hydrogen-bond donors (Lipinski definition) is 0. The van der Waals surface area contributed by atoms with Crippen LogP contribution in [0.5, 0.6) is 0 Å². The number of benzene rings is 2. The third kappa shape index (κ3) is 2.86. The Bertz CT molecular complexity index is 1060. The van der Waals surface area contributed by atoms with E-state index in [1.165, 1.54) is 4.90 Å². The molecule has 2 heterocycles. The van der Waals surface area contributed by atoms with E-state index >= 15 is 0 Å². The van der Waals surface area contributed by atoms with Crippen LogP contribution < -0.4 is 5.46 Å². The lowest BCUT2D eigenvalue weighted by atomic mass is 9.63. The van der Waals surface area contributed by atoms with E-state index in [0.29, 0.717) is 24.0 Å². The topological polar surface area (TPSA) is 55.8 Å². The van der Waals surface area contributed by atoms with Gasteiger partial charge in [-0.2, -0.15) is 0 Å². The first kappa shape index (κ1) is 21.2. The van der Waals surface area contributed by atoms with Crippen molar-refractivity contribution < 1.29 is 18.9 Å². The first-order valence-corrected chi connectivity index (χ1v) is 11.2. The van der Waals surface area contributed by atoms with Gasteiger partial charge >= 0.3 is 7.12 Å². The highest BCUT2D eigenvalue weighted by atomic mass is 16.7. The van der Waals surface area contributed by atoms with Crippen molar-refractivity contribution in [2.45, 2.75) is 57.3 Å². The van der Waals surface area contributed by atoms with Crippen LogP contribution in [-0.2, 0) is 14.8 Å². The van der Waals surface area contributed by atoms with Crippen LogP contribution in [0.4, 0.5) is 0 Å². The SMILES string of the molecule is C=CC1CC(c2ccc(B3OC(C)(C)C(C)(C)O3)cc2)(N2C(=O)c3ccccc3C2=O)C1. The molecule has 2 amide bonds. The second-order valence-electron chi connectivity index (χ2n) is 10.1. The molecule has 32 heavy (non-hydrogen) atoms. The molecule has 5 rings (SSSR count). The van der Waals surface area contributed by atoms with E-state index in [4.69, 9.17) is 9.31 Å². The molecule has 1 saturated carbocycles. The molecule has 0 bridgehead atoms. The van der Waals surface area contributed by atoms with E-state index in [-0.39, 0.29) is 17.7 Å². The van der Waals surface area contributed by atoms with Crippen LogP contribution in [0.25, 0.3) is 0 Å². The monoisotopic (exact) mass is 429 g/mol. The van der Waals surface area contributed by atoms with Gasteiger partial charge in [-0.3, -0.25) is 14.5 Å². The van der Waals surface area contributed by atoms with E-state index in [9.17, 15) is 9.59 Å². The summed E-state index contributed by atoms with van der Waals surface area (Å²) < 4.78 is 12.3. The number of allylic oxidation sites excluding steroid dienone is 1.